The molecule has 0 fully saturated rings. The standard InChI is InChI=1S/C30H32N2O4/c1-18(2)22-11-9-19(3)29(33)28(22)30(34)32(16-21-10-12-26-27(15-21)36-17-35-26)14-13-23-20(4)31-25-8-6-5-7-24(23)25/h5-12,15,18,31,33H,13-14,16-17H2,1-4H3. The number of nitrogens with zero attached hydrogens (tertiary/aromatic N) is 1. The minimum absolute atomic E-state index is 0.0603. The van der Waals surface area contributed by atoms with Gasteiger partial charge in [0.05, 0.1) is 5.56 Å². The summed E-state index contributed by atoms with van der Waals surface area (Å²) in [5.41, 5.74) is 6.28. The molecule has 6 nitrogen and oxygen atoms in total. The van der Waals surface area contributed by atoms with E-state index in [0.717, 1.165) is 22.3 Å². The van der Waals surface area contributed by atoms with Gasteiger partial charge in [0.1, 0.15) is 5.75 Å². The van der Waals surface area contributed by atoms with E-state index in [2.05, 4.69) is 24.0 Å². The molecule has 0 saturated carbocycles. The fraction of sp³-hybridized carbons (Fsp3) is 0.300. The van der Waals surface area contributed by atoms with Gasteiger partial charge in [-0.3, -0.25) is 4.79 Å². The lowest BCUT2D eigenvalue weighted by molar-refractivity contribution is 0.0740. The van der Waals surface area contributed by atoms with Gasteiger partial charge in [-0.15, -0.1) is 0 Å². The van der Waals surface area contributed by atoms with Crippen LogP contribution in [0, 0.1) is 13.8 Å². The Morgan fingerprint density at radius 2 is 1.83 bits per heavy atom. The number of aromatic hydroxyl groups is 1. The molecule has 0 unspecified atom stereocenters. The van der Waals surface area contributed by atoms with Gasteiger partial charge in [-0.2, -0.15) is 0 Å². The predicted octanol–water partition coefficient (Wildman–Crippen LogP) is 6.23. The molecule has 0 bridgehead atoms. The molecule has 0 saturated heterocycles. The first-order valence-electron chi connectivity index (χ1n) is 12.4. The van der Waals surface area contributed by atoms with Crippen LogP contribution in [-0.4, -0.2) is 34.2 Å². The number of benzene rings is 3. The number of nitrogens with one attached hydrogen (secondary N) is 1. The first-order chi connectivity index (χ1) is 17.3. The maximum Gasteiger partial charge on any atom is 0.258 e. The molecule has 4 aromatic rings. The molecule has 1 amide bonds. The summed E-state index contributed by atoms with van der Waals surface area (Å²) < 4.78 is 11.0. The molecule has 0 atom stereocenters. The van der Waals surface area contributed by atoms with Gasteiger partial charge >= 0.3 is 0 Å². The number of phenols is 1. The van der Waals surface area contributed by atoms with Crippen molar-refractivity contribution in [2.45, 2.75) is 46.6 Å². The largest absolute Gasteiger partial charge is 0.507 e. The Kier molecular flexibility index (Phi) is 6.35. The summed E-state index contributed by atoms with van der Waals surface area (Å²) in [6, 6.07) is 17.8. The molecular weight excluding hydrogens is 452 g/mol. The Hall–Kier alpha value is -3.93. The Balaban J connectivity index is 1.51. The number of ether oxygens (including phenoxy) is 2. The quantitative estimate of drug-likeness (QED) is 0.326. The Morgan fingerprint density at radius 1 is 1.06 bits per heavy atom. The summed E-state index contributed by atoms with van der Waals surface area (Å²) >= 11 is 0. The van der Waals surface area contributed by atoms with Crippen LogP contribution in [0.5, 0.6) is 17.2 Å². The van der Waals surface area contributed by atoms with Crippen LogP contribution in [0.4, 0.5) is 0 Å². The van der Waals surface area contributed by atoms with Gasteiger partial charge in [0.25, 0.3) is 5.91 Å². The molecule has 3 aromatic carbocycles. The van der Waals surface area contributed by atoms with Crippen molar-refractivity contribution in [1.29, 1.82) is 0 Å². The first-order valence-corrected chi connectivity index (χ1v) is 12.4. The molecule has 2 heterocycles. The minimum atomic E-state index is -0.171. The highest BCUT2D eigenvalue weighted by molar-refractivity contribution is 5.99. The highest BCUT2D eigenvalue weighted by Crippen LogP contribution is 2.35. The zero-order chi connectivity index (χ0) is 25.4. The van der Waals surface area contributed by atoms with Crippen LogP contribution < -0.4 is 9.47 Å². The second kappa shape index (κ2) is 9.61. The lowest BCUT2D eigenvalue weighted by atomic mass is 9.93. The van der Waals surface area contributed by atoms with Gasteiger partial charge in [-0.05, 0) is 66.6 Å². The second-order valence-corrected chi connectivity index (χ2v) is 9.79. The highest BCUT2D eigenvalue weighted by Gasteiger charge is 2.26. The number of carbonyl (C=O) groups excluding carboxylic acids is 1. The molecule has 5 rings (SSSR count). The number of carbonyl (C=O) groups is 1. The fourth-order valence-corrected chi connectivity index (χ4v) is 4.99. The lowest BCUT2D eigenvalue weighted by Crippen LogP contribution is -2.33. The zero-order valence-corrected chi connectivity index (χ0v) is 21.2. The molecule has 2 N–H and O–H groups in total. The summed E-state index contributed by atoms with van der Waals surface area (Å²) in [6.07, 6.45) is 0.690. The van der Waals surface area contributed by atoms with E-state index in [1.165, 1.54) is 10.9 Å². The third-order valence-corrected chi connectivity index (χ3v) is 7.00. The molecular formula is C30H32N2O4. The van der Waals surface area contributed by atoms with Gasteiger partial charge in [-0.1, -0.05) is 50.2 Å². The van der Waals surface area contributed by atoms with Crippen LogP contribution in [0.2, 0.25) is 0 Å². The Labute approximate surface area is 211 Å². The van der Waals surface area contributed by atoms with E-state index in [4.69, 9.17) is 9.47 Å². The number of hydrogen-bond donors (Lipinski definition) is 2. The van der Waals surface area contributed by atoms with E-state index in [-0.39, 0.29) is 24.4 Å². The van der Waals surface area contributed by atoms with Crippen molar-refractivity contribution < 1.29 is 19.4 Å². The van der Waals surface area contributed by atoms with Crippen molar-refractivity contribution in [3.05, 3.63) is 88.1 Å². The summed E-state index contributed by atoms with van der Waals surface area (Å²) in [7, 11) is 0. The van der Waals surface area contributed by atoms with Crippen LogP contribution >= 0.6 is 0 Å². The Bertz CT molecular complexity index is 1440. The van der Waals surface area contributed by atoms with Crippen LogP contribution in [0.1, 0.15) is 58.1 Å². The predicted molar refractivity (Wildman–Crippen MR) is 141 cm³/mol. The number of H-pyrrole nitrogens is 1. The number of amides is 1. The normalized spacial score (nSPS) is 12.5. The topological polar surface area (TPSA) is 74.8 Å². The summed E-state index contributed by atoms with van der Waals surface area (Å²) in [6.45, 7) is 9.08. The van der Waals surface area contributed by atoms with Crippen molar-refractivity contribution in [2.75, 3.05) is 13.3 Å². The van der Waals surface area contributed by atoms with Crippen molar-refractivity contribution in [2.24, 2.45) is 0 Å². The molecule has 1 aliphatic heterocycles. The van der Waals surface area contributed by atoms with Crippen LogP contribution in [0.3, 0.4) is 0 Å². The average molecular weight is 485 g/mol. The second-order valence-electron chi connectivity index (χ2n) is 9.79. The van der Waals surface area contributed by atoms with E-state index >= 15 is 0 Å². The van der Waals surface area contributed by atoms with E-state index in [0.29, 0.717) is 42.1 Å². The molecule has 0 spiro atoms. The molecule has 0 radical (unpaired) electrons. The summed E-state index contributed by atoms with van der Waals surface area (Å²) in [5, 5.41) is 12.2. The number of para-hydroxylation sites is 1. The van der Waals surface area contributed by atoms with Crippen LogP contribution in [0.15, 0.2) is 54.6 Å². The van der Waals surface area contributed by atoms with Crippen LogP contribution in [0.25, 0.3) is 10.9 Å². The molecule has 36 heavy (non-hydrogen) atoms. The molecule has 0 aliphatic carbocycles. The molecule has 1 aromatic heterocycles. The van der Waals surface area contributed by atoms with Gasteiger partial charge in [0.15, 0.2) is 11.5 Å². The van der Waals surface area contributed by atoms with Crippen molar-refractivity contribution in [1.82, 2.24) is 9.88 Å². The molecule has 1 aliphatic rings. The van der Waals surface area contributed by atoms with E-state index in [9.17, 15) is 9.90 Å². The number of aromatic amines is 1. The Morgan fingerprint density at radius 3 is 2.64 bits per heavy atom. The zero-order valence-electron chi connectivity index (χ0n) is 21.2. The summed E-state index contributed by atoms with van der Waals surface area (Å²) in [4.78, 5) is 19.4. The maximum absolute atomic E-state index is 14.1. The lowest BCUT2D eigenvalue weighted by Gasteiger charge is -2.26. The summed E-state index contributed by atoms with van der Waals surface area (Å²) in [5.74, 6) is 1.39. The number of phenolic OH excluding ortho intramolecular Hbond substituents is 1. The molecule has 6 heteroatoms. The van der Waals surface area contributed by atoms with E-state index in [1.54, 1.807) is 0 Å². The number of fused-ring (bicyclic) bond motifs is 2. The van der Waals surface area contributed by atoms with Gasteiger partial charge in [0.2, 0.25) is 6.79 Å². The third kappa shape index (κ3) is 4.39. The third-order valence-electron chi connectivity index (χ3n) is 7.00. The number of aryl methyl sites for hydroxylation is 2. The highest BCUT2D eigenvalue weighted by atomic mass is 16.7. The van der Waals surface area contributed by atoms with Crippen LogP contribution in [-0.2, 0) is 13.0 Å². The smallest absolute Gasteiger partial charge is 0.258 e. The fourth-order valence-electron chi connectivity index (χ4n) is 4.99. The minimum Gasteiger partial charge on any atom is -0.507 e. The maximum atomic E-state index is 14.1. The SMILES string of the molecule is Cc1ccc(C(C)C)c(C(=O)N(CCc2c(C)[nH]c3ccccc23)Cc2ccc3c(c2)OCO3)c1O. The van der Waals surface area contributed by atoms with Crippen molar-refractivity contribution in [3.63, 3.8) is 0 Å². The number of hydrogen-bond acceptors (Lipinski definition) is 4. The molecule has 186 valence electrons. The van der Waals surface area contributed by atoms with E-state index < -0.39 is 0 Å². The average Bonchev–Trinajstić information content (AvgIpc) is 3.45. The number of aromatic nitrogens is 1. The monoisotopic (exact) mass is 484 g/mol. The van der Waals surface area contributed by atoms with Gasteiger partial charge < -0.3 is 24.5 Å². The van der Waals surface area contributed by atoms with Crippen molar-refractivity contribution >= 4 is 16.8 Å². The van der Waals surface area contributed by atoms with Gasteiger partial charge in [0, 0.05) is 29.7 Å². The van der Waals surface area contributed by atoms with Gasteiger partial charge in [-0.25, -0.2) is 0 Å². The van der Waals surface area contributed by atoms with Crippen molar-refractivity contribution in [3.8, 4) is 17.2 Å². The first kappa shape index (κ1) is 23.8. The van der Waals surface area contributed by atoms with E-state index in [1.807, 2.05) is 68.1 Å². The number of rotatable bonds is 7.